The van der Waals surface area contributed by atoms with Crippen molar-refractivity contribution in [2.75, 3.05) is 0 Å². The molecule has 0 aliphatic heterocycles. The van der Waals surface area contributed by atoms with Crippen LogP contribution in [-0.4, -0.2) is 12.6 Å². The predicted molar refractivity (Wildman–Crippen MR) is 32.9 cm³/mol. The van der Waals surface area contributed by atoms with Gasteiger partial charge in [0, 0.05) is 11.8 Å². The van der Waals surface area contributed by atoms with Crippen molar-refractivity contribution in [3.05, 3.63) is 12.2 Å². The summed E-state index contributed by atoms with van der Waals surface area (Å²) < 4.78 is 0. The molecule has 0 heterocycles. The molecule has 1 rings (SSSR count). The quantitative estimate of drug-likeness (QED) is 0.398. The number of carbonyl (C=O) groups is 2. The van der Waals surface area contributed by atoms with Crippen LogP contribution in [0.5, 0.6) is 0 Å². The third-order valence-electron chi connectivity index (χ3n) is 1.50. The van der Waals surface area contributed by atoms with Crippen molar-refractivity contribution in [3.8, 4) is 0 Å². The maximum absolute atomic E-state index is 10.1. The number of hydrogen-bond acceptors (Lipinski definition) is 2. The van der Waals surface area contributed by atoms with E-state index in [4.69, 9.17) is 0 Å². The van der Waals surface area contributed by atoms with Gasteiger partial charge in [-0.2, -0.15) is 0 Å². The van der Waals surface area contributed by atoms with Crippen LogP contribution in [-0.2, 0) is 9.59 Å². The molecule has 0 N–H and O–H groups in total. The molecule has 0 radical (unpaired) electrons. The molecule has 2 nitrogen and oxygen atoms in total. The molecular weight excluding hydrogens is 116 g/mol. The van der Waals surface area contributed by atoms with Crippen molar-refractivity contribution >= 4 is 12.6 Å². The molecule has 0 amide bonds. The van der Waals surface area contributed by atoms with E-state index in [-0.39, 0.29) is 11.8 Å². The predicted octanol–water partition coefficient (Wildman–Crippen LogP) is 0.576. The van der Waals surface area contributed by atoms with E-state index in [2.05, 4.69) is 0 Å². The summed E-state index contributed by atoms with van der Waals surface area (Å²) in [4.78, 5) is 20.2. The van der Waals surface area contributed by atoms with Gasteiger partial charge in [-0.25, -0.2) is 0 Å². The molecule has 9 heavy (non-hydrogen) atoms. The highest BCUT2D eigenvalue weighted by Crippen LogP contribution is 2.19. The van der Waals surface area contributed by atoms with Gasteiger partial charge < -0.3 is 9.59 Å². The first-order valence-corrected chi connectivity index (χ1v) is 2.95. The Kier molecular flexibility index (Phi) is 1.78. The topological polar surface area (TPSA) is 34.1 Å². The van der Waals surface area contributed by atoms with Crippen LogP contribution in [0.3, 0.4) is 0 Å². The first-order chi connectivity index (χ1) is 4.36. The highest BCUT2D eigenvalue weighted by atomic mass is 16.1. The van der Waals surface area contributed by atoms with Crippen molar-refractivity contribution in [2.45, 2.75) is 6.42 Å². The van der Waals surface area contributed by atoms with Crippen molar-refractivity contribution in [1.82, 2.24) is 0 Å². The van der Waals surface area contributed by atoms with Crippen LogP contribution < -0.4 is 0 Å². The van der Waals surface area contributed by atoms with Crippen LogP contribution >= 0.6 is 0 Å². The van der Waals surface area contributed by atoms with Gasteiger partial charge >= 0.3 is 0 Å². The summed E-state index contributed by atoms with van der Waals surface area (Å²) in [5.41, 5.74) is 0. The summed E-state index contributed by atoms with van der Waals surface area (Å²) in [6.07, 6.45) is 5.99. The molecule has 2 heteroatoms. The molecule has 48 valence electrons. The number of aldehydes is 2. The normalized spacial score (nSPS) is 32.4. The number of allylic oxidation sites excluding steroid dienone is 2. The second kappa shape index (κ2) is 2.58. The lowest BCUT2D eigenvalue weighted by molar-refractivity contribution is -0.111. The summed E-state index contributed by atoms with van der Waals surface area (Å²) in [7, 11) is 0. The molecule has 0 aromatic rings. The molecule has 0 bridgehead atoms. The van der Waals surface area contributed by atoms with Crippen LogP contribution in [0.2, 0.25) is 0 Å². The molecule has 0 spiro atoms. The summed E-state index contributed by atoms with van der Waals surface area (Å²) >= 11 is 0. The van der Waals surface area contributed by atoms with E-state index >= 15 is 0 Å². The Morgan fingerprint density at radius 2 is 1.56 bits per heavy atom. The molecule has 0 fully saturated rings. The average molecular weight is 124 g/mol. The highest BCUT2D eigenvalue weighted by molar-refractivity contribution is 5.64. The lowest BCUT2D eigenvalue weighted by atomic mass is 10.1. The second-order valence-corrected chi connectivity index (χ2v) is 2.22. The zero-order valence-electron chi connectivity index (χ0n) is 4.99. The van der Waals surface area contributed by atoms with Gasteiger partial charge in [-0.15, -0.1) is 0 Å². The van der Waals surface area contributed by atoms with Crippen LogP contribution in [0.25, 0.3) is 0 Å². The lowest BCUT2D eigenvalue weighted by Crippen LogP contribution is -1.99. The van der Waals surface area contributed by atoms with Gasteiger partial charge in [-0.05, 0) is 6.42 Å². The minimum atomic E-state index is -0.0137. The Labute approximate surface area is 53.6 Å². The maximum atomic E-state index is 10.1. The largest absolute Gasteiger partial charge is 0.303 e. The molecule has 1 aliphatic carbocycles. The fourth-order valence-electron chi connectivity index (χ4n) is 0.959. The Morgan fingerprint density at radius 1 is 1.11 bits per heavy atom. The van der Waals surface area contributed by atoms with E-state index in [0.717, 1.165) is 12.6 Å². The molecule has 0 aromatic carbocycles. The SMILES string of the molecule is O=CC1C=CC(C=O)C1. The third kappa shape index (κ3) is 1.25. The van der Waals surface area contributed by atoms with Gasteiger partial charge in [-0.1, -0.05) is 12.2 Å². The zero-order chi connectivity index (χ0) is 6.69. The minimum absolute atomic E-state index is 0.0137. The third-order valence-corrected chi connectivity index (χ3v) is 1.50. The molecule has 1 aliphatic rings. The summed E-state index contributed by atoms with van der Waals surface area (Å²) in [5.74, 6) is -0.0274. The Hall–Kier alpha value is -0.920. The van der Waals surface area contributed by atoms with Gasteiger partial charge in [0.15, 0.2) is 0 Å². The molecule has 0 aromatic heterocycles. The molecular formula is C7H8O2. The Bertz CT molecular complexity index is 133. The summed E-state index contributed by atoms with van der Waals surface area (Å²) in [6.45, 7) is 0. The van der Waals surface area contributed by atoms with Crippen LogP contribution in [0.1, 0.15) is 6.42 Å². The standard InChI is InChI=1S/C7H8O2/c8-4-6-1-2-7(3-6)5-9/h1-2,4-7H,3H2. The summed E-state index contributed by atoms with van der Waals surface area (Å²) in [6, 6.07) is 0. The molecule has 2 unspecified atom stereocenters. The van der Waals surface area contributed by atoms with E-state index in [1.165, 1.54) is 0 Å². The van der Waals surface area contributed by atoms with E-state index in [0.29, 0.717) is 6.42 Å². The van der Waals surface area contributed by atoms with Gasteiger partial charge in [0.2, 0.25) is 0 Å². The van der Waals surface area contributed by atoms with Crippen LogP contribution in [0.4, 0.5) is 0 Å². The maximum Gasteiger partial charge on any atom is 0.126 e. The van der Waals surface area contributed by atoms with E-state index in [9.17, 15) is 9.59 Å². The van der Waals surface area contributed by atoms with Gasteiger partial charge in [-0.3, -0.25) is 0 Å². The number of carbonyl (C=O) groups excluding carboxylic acids is 2. The van der Waals surface area contributed by atoms with Crippen molar-refractivity contribution < 1.29 is 9.59 Å². The van der Waals surface area contributed by atoms with Gasteiger partial charge in [0.1, 0.15) is 12.6 Å². The fraction of sp³-hybridized carbons (Fsp3) is 0.429. The molecule has 0 saturated heterocycles. The van der Waals surface area contributed by atoms with E-state index in [1.54, 1.807) is 12.2 Å². The van der Waals surface area contributed by atoms with E-state index in [1.807, 2.05) is 0 Å². The first-order valence-electron chi connectivity index (χ1n) is 2.95. The fourth-order valence-corrected chi connectivity index (χ4v) is 0.959. The van der Waals surface area contributed by atoms with Gasteiger partial charge in [0.05, 0.1) is 0 Å². The van der Waals surface area contributed by atoms with Crippen molar-refractivity contribution in [3.63, 3.8) is 0 Å². The second-order valence-electron chi connectivity index (χ2n) is 2.22. The number of rotatable bonds is 2. The summed E-state index contributed by atoms with van der Waals surface area (Å²) in [5, 5.41) is 0. The average Bonchev–Trinajstić information content (AvgIpc) is 2.34. The van der Waals surface area contributed by atoms with Crippen molar-refractivity contribution in [2.24, 2.45) is 11.8 Å². The lowest BCUT2D eigenvalue weighted by Gasteiger charge is -1.95. The molecule has 2 atom stereocenters. The number of hydrogen-bond donors (Lipinski definition) is 0. The monoisotopic (exact) mass is 124 g/mol. The zero-order valence-corrected chi connectivity index (χ0v) is 4.99. The smallest absolute Gasteiger partial charge is 0.126 e. The van der Waals surface area contributed by atoms with Crippen LogP contribution in [0, 0.1) is 11.8 Å². The van der Waals surface area contributed by atoms with Crippen LogP contribution in [0.15, 0.2) is 12.2 Å². The minimum Gasteiger partial charge on any atom is -0.303 e. The first kappa shape index (κ1) is 6.20. The highest BCUT2D eigenvalue weighted by Gasteiger charge is 2.16. The Balaban J connectivity index is 2.48. The van der Waals surface area contributed by atoms with Gasteiger partial charge in [0.25, 0.3) is 0 Å². The molecule has 0 saturated carbocycles. The van der Waals surface area contributed by atoms with Crippen molar-refractivity contribution in [1.29, 1.82) is 0 Å². The Morgan fingerprint density at radius 3 is 1.78 bits per heavy atom. The van der Waals surface area contributed by atoms with E-state index < -0.39 is 0 Å².